The number of thiazole rings is 1. The number of nitrogens with one attached hydrogen (secondary N) is 1. The molecule has 7 nitrogen and oxygen atoms in total. The molecule has 0 radical (unpaired) electrons. The highest BCUT2D eigenvalue weighted by Crippen LogP contribution is 2.31. The molecule has 1 atom stereocenters. The van der Waals surface area contributed by atoms with Gasteiger partial charge >= 0.3 is 0 Å². The number of sulfonamides is 1. The summed E-state index contributed by atoms with van der Waals surface area (Å²) in [5.41, 5.74) is 2.58. The zero-order valence-corrected chi connectivity index (χ0v) is 19.9. The van der Waals surface area contributed by atoms with E-state index in [2.05, 4.69) is 10.3 Å². The highest BCUT2D eigenvalue weighted by atomic mass is 32.2. The second-order valence-corrected chi connectivity index (χ2v) is 10.3. The van der Waals surface area contributed by atoms with Gasteiger partial charge in [-0.2, -0.15) is 5.26 Å². The van der Waals surface area contributed by atoms with Crippen LogP contribution in [0.4, 0.5) is 10.9 Å². The van der Waals surface area contributed by atoms with Gasteiger partial charge in [0.05, 0.1) is 23.1 Å². The van der Waals surface area contributed by atoms with Gasteiger partial charge < -0.3 is 10.4 Å². The van der Waals surface area contributed by atoms with Crippen LogP contribution in [0, 0.1) is 18.3 Å². The van der Waals surface area contributed by atoms with Crippen LogP contribution in [0.25, 0.3) is 0 Å². The summed E-state index contributed by atoms with van der Waals surface area (Å²) >= 11 is 1.18. The quantitative estimate of drug-likeness (QED) is 0.343. The third kappa shape index (κ3) is 5.26. The Hall–Kier alpha value is -3.71. The van der Waals surface area contributed by atoms with E-state index in [4.69, 9.17) is 5.26 Å². The molecule has 0 saturated carbocycles. The van der Waals surface area contributed by atoms with Gasteiger partial charge in [0.15, 0.2) is 17.2 Å². The number of anilines is 2. The lowest BCUT2D eigenvalue weighted by atomic mass is 10.1. The number of hydrogen-bond donors (Lipinski definition) is 2. The molecular weight excluding hydrogens is 468 g/mol. The topological polar surface area (TPSA) is 106 Å². The van der Waals surface area contributed by atoms with E-state index in [0.29, 0.717) is 16.3 Å². The van der Waals surface area contributed by atoms with Crippen molar-refractivity contribution < 1.29 is 13.5 Å². The zero-order chi connectivity index (χ0) is 24.1. The van der Waals surface area contributed by atoms with Crippen LogP contribution in [-0.2, 0) is 16.6 Å². The second kappa shape index (κ2) is 10.1. The van der Waals surface area contributed by atoms with E-state index in [1.807, 2.05) is 49.4 Å². The first-order chi connectivity index (χ1) is 16.4. The summed E-state index contributed by atoms with van der Waals surface area (Å²) in [5.74, 6) is 0.246. The van der Waals surface area contributed by atoms with Crippen molar-refractivity contribution in [3.8, 4) is 6.07 Å². The molecule has 4 aromatic rings. The number of nitrogens with zero attached hydrogens (tertiary/aromatic N) is 3. The van der Waals surface area contributed by atoms with Crippen molar-refractivity contribution in [2.75, 3.05) is 9.62 Å². The van der Waals surface area contributed by atoms with Crippen molar-refractivity contribution in [1.29, 1.82) is 5.26 Å². The molecule has 4 rings (SSSR count). The maximum atomic E-state index is 13.6. The summed E-state index contributed by atoms with van der Waals surface area (Å²) in [4.78, 5) is 4.64. The van der Waals surface area contributed by atoms with Crippen LogP contribution in [0.1, 0.15) is 28.5 Å². The van der Waals surface area contributed by atoms with Gasteiger partial charge in [0.25, 0.3) is 10.0 Å². The van der Waals surface area contributed by atoms with Crippen LogP contribution in [0.5, 0.6) is 0 Å². The van der Waals surface area contributed by atoms with E-state index < -0.39 is 16.3 Å². The van der Waals surface area contributed by atoms with E-state index in [0.717, 1.165) is 11.1 Å². The Morgan fingerprint density at radius 3 is 2.59 bits per heavy atom. The number of aromatic nitrogens is 1. The molecule has 0 aliphatic rings. The van der Waals surface area contributed by atoms with Crippen LogP contribution in [-0.4, -0.2) is 18.5 Å². The van der Waals surface area contributed by atoms with E-state index in [9.17, 15) is 13.5 Å². The van der Waals surface area contributed by atoms with Gasteiger partial charge in [-0.05, 0) is 42.3 Å². The van der Waals surface area contributed by atoms with E-state index in [1.165, 1.54) is 15.6 Å². The normalized spacial score (nSPS) is 12.0. The smallest absolute Gasteiger partial charge is 0.265 e. The molecule has 0 amide bonds. The van der Waals surface area contributed by atoms with Gasteiger partial charge in [-0.1, -0.05) is 54.6 Å². The molecular formula is C25H22N4O3S2. The molecule has 0 fully saturated rings. The van der Waals surface area contributed by atoms with Crippen molar-refractivity contribution in [2.24, 2.45) is 0 Å². The fourth-order valence-corrected chi connectivity index (χ4v) is 5.65. The van der Waals surface area contributed by atoms with Gasteiger partial charge in [0.2, 0.25) is 0 Å². The van der Waals surface area contributed by atoms with Crippen molar-refractivity contribution >= 4 is 32.3 Å². The summed E-state index contributed by atoms with van der Waals surface area (Å²) in [7, 11) is -3.90. The first-order valence-electron chi connectivity index (χ1n) is 10.4. The minimum atomic E-state index is -3.90. The maximum Gasteiger partial charge on any atom is 0.265 e. The zero-order valence-electron chi connectivity index (χ0n) is 18.3. The first kappa shape index (κ1) is 23.4. The van der Waals surface area contributed by atoms with E-state index in [1.54, 1.807) is 47.8 Å². The highest BCUT2D eigenvalue weighted by molar-refractivity contribution is 7.92. The van der Waals surface area contributed by atoms with Gasteiger partial charge in [-0.25, -0.2) is 17.7 Å². The summed E-state index contributed by atoms with van der Waals surface area (Å²) in [6, 6.07) is 24.7. The lowest BCUT2D eigenvalue weighted by Gasteiger charge is -2.22. The number of aryl methyl sites for hydroxylation is 1. The minimum absolute atomic E-state index is 0.104. The fraction of sp³-hybridized carbons (Fsp3) is 0.120. The van der Waals surface area contributed by atoms with Crippen LogP contribution in [0.3, 0.4) is 0 Å². The second-order valence-electron chi connectivity index (χ2n) is 7.61. The summed E-state index contributed by atoms with van der Waals surface area (Å²) < 4.78 is 28.5. The average molecular weight is 491 g/mol. The van der Waals surface area contributed by atoms with Crippen LogP contribution >= 0.6 is 11.3 Å². The van der Waals surface area contributed by atoms with Crippen molar-refractivity contribution in [2.45, 2.75) is 24.6 Å². The largest absolute Gasteiger partial charge is 0.369 e. The third-order valence-corrected chi connectivity index (χ3v) is 7.59. The Morgan fingerprint density at radius 2 is 1.85 bits per heavy atom. The van der Waals surface area contributed by atoms with Crippen molar-refractivity contribution in [1.82, 2.24) is 4.98 Å². The maximum absolute atomic E-state index is 13.6. The molecule has 0 aliphatic carbocycles. The average Bonchev–Trinajstić information content (AvgIpc) is 3.31. The van der Waals surface area contributed by atoms with E-state index >= 15 is 0 Å². The molecule has 3 aromatic carbocycles. The molecule has 34 heavy (non-hydrogen) atoms. The first-order valence-corrected chi connectivity index (χ1v) is 12.7. The minimum Gasteiger partial charge on any atom is -0.369 e. The molecule has 2 N–H and O–H groups in total. The summed E-state index contributed by atoms with van der Waals surface area (Å²) in [6.45, 7) is 1.95. The molecule has 1 heterocycles. The van der Waals surface area contributed by atoms with Gasteiger partial charge in [-0.3, -0.25) is 0 Å². The molecule has 0 spiro atoms. The van der Waals surface area contributed by atoms with Crippen molar-refractivity contribution in [3.05, 3.63) is 106 Å². The number of nitriles is 1. The predicted molar refractivity (Wildman–Crippen MR) is 133 cm³/mol. The van der Waals surface area contributed by atoms with Crippen LogP contribution in [0.15, 0.2) is 89.1 Å². The molecule has 1 aromatic heterocycles. The number of hydrogen-bond acceptors (Lipinski definition) is 7. The van der Waals surface area contributed by atoms with Gasteiger partial charge in [-0.15, -0.1) is 11.3 Å². The number of aliphatic hydroxyl groups excluding tert-OH is 1. The van der Waals surface area contributed by atoms with Crippen LogP contribution < -0.4 is 9.62 Å². The summed E-state index contributed by atoms with van der Waals surface area (Å²) in [6.07, 6.45) is -1.11. The monoisotopic (exact) mass is 490 g/mol. The number of benzene rings is 3. The van der Waals surface area contributed by atoms with Crippen LogP contribution in [0.2, 0.25) is 0 Å². The molecule has 172 valence electrons. The van der Waals surface area contributed by atoms with Gasteiger partial charge in [0, 0.05) is 10.9 Å². The predicted octanol–water partition coefficient (Wildman–Crippen LogP) is 4.82. The lowest BCUT2D eigenvalue weighted by molar-refractivity contribution is 0.208. The molecule has 1 unspecified atom stereocenters. The SMILES string of the molecule is Cc1cccc(S(=O)(=O)N(Cc2ccccc2)c2csc(NC(O)c3cccc(C#N)c3)n2)c1. The van der Waals surface area contributed by atoms with Crippen molar-refractivity contribution in [3.63, 3.8) is 0 Å². The highest BCUT2D eigenvalue weighted by Gasteiger charge is 2.27. The van der Waals surface area contributed by atoms with Gasteiger partial charge in [0.1, 0.15) is 0 Å². The Labute approximate surface area is 202 Å². The number of rotatable bonds is 8. The third-order valence-electron chi connectivity index (χ3n) is 5.09. The number of aliphatic hydroxyl groups is 1. The molecule has 9 heteroatoms. The summed E-state index contributed by atoms with van der Waals surface area (Å²) in [5, 5.41) is 24.5. The Bertz CT molecular complexity index is 1430. The molecule has 0 aliphatic heterocycles. The molecule has 0 bridgehead atoms. The van der Waals surface area contributed by atoms with E-state index in [-0.39, 0.29) is 17.3 Å². The lowest BCUT2D eigenvalue weighted by Crippen LogP contribution is -2.31. The molecule has 0 saturated heterocycles. The Morgan fingerprint density at radius 1 is 1.09 bits per heavy atom. The Balaban J connectivity index is 1.65. The standard InChI is InChI=1S/C25H22N4O3S2/c1-18-7-5-12-22(13-18)34(31,32)29(16-19-8-3-2-4-9-19)23-17-33-25(27-23)28-24(30)21-11-6-10-20(14-21)15-26/h2-14,17,24,30H,16H2,1H3,(H,27,28). The Kier molecular flexibility index (Phi) is 6.93. The fourth-order valence-electron chi connectivity index (χ4n) is 3.37.